The summed E-state index contributed by atoms with van der Waals surface area (Å²) in [5.41, 5.74) is 1.11. The summed E-state index contributed by atoms with van der Waals surface area (Å²) < 4.78 is 1.65. The minimum Gasteiger partial charge on any atom is -0.362 e. The molecule has 19 heavy (non-hydrogen) atoms. The van der Waals surface area contributed by atoms with Gasteiger partial charge in [-0.1, -0.05) is 0 Å². The molecule has 2 heterocycles. The average molecular weight is 281 g/mol. The Labute approximate surface area is 114 Å². The molecule has 1 N–H and O–H groups in total. The molecule has 7 nitrogen and oxygen atoms in total. The smallest absolute Gasteiger partial charge is 0.312 e. The van der Waals surface area contributed by atoms with Crippen molar-refractivity contribution >= 4 is 22.2 Å². The van der Waals surface area contributed by atoms with Gasteiger partial charge in [0.25, 0.3) is 0 Å². The third kappa shape index (κ3) is 2.73. The van der Waals surface area contributed by atoms with Crippen molar-refractivity contribution in [2.75, 3.05) is 11.9 Å². The Morgan fingerprint density at radius 3 is 2.84 bits per heavy atom. The molecule has 0 aliphatic rings. The number of nitro groups is 1. The highest BCUT2D eigenvalue weighted by atomic mass is 32.1. The van der Waals surface area contributed by atoms with Crippen molar-refractivity contribution < 1.29 is 4.92 Å². The van der Waals surface area contributed by atoms with Crippen LogP contribution in [0.1, 0.15) is 23.2 Å². The summed E-state index contributed by atoms with van der Waals surface area (Å²) in [4.78, 5) is 15.8. The second-order valence-corrected chi connectivity index (χ2v) is 5.21. The van der Waals surface area contributed by atoms with E-state index in [2.05, 4.69) is 15.4 Å². The molecule has 0 bridgehead atoms. The van der Waals surface area contributed by atoms with Crippen molar-refractivity contribution in [2.45, 2.75) is 27.3 Å². The predicted molar refractivity (Wildman–Crippen MR) is 73.7 cm³/mol. The van der Waals surface area contributed by atoms with Gasteiger partial charge in [0.1, 0.15) is 11.4 Å². The monoisotopic (exact) mass is 281 g/mol. The molecule has 0 aromatic carbocycles. The van der Waals surface area contributed by atoms with Crippen LogP contribution < -0.4 is 5.32 Å². The number of anilines is 1. The first kappa shape index (κ1) is 13.5. The number of thiazole rings is 1. The standard InChI is InChI=1S/C11H15N5O2S/c1-4-12-11-13-5-9(19-11)6-15-8(3)10(16(17)18)7(2)14-15/h5H,4,6H2,1-3H3,(H,12,13). The van der Waals surface area contributed by atoms with Crippen LogP contribution in [0.2, 0.25) is 0 Å². The maximum atomic E-state index is 10.9. The van der Waals surface area contributed by atoms with Crippen LogP contribution in [0.25, 0.3) is 0 Å². The van der Waals surface area contributed by atoms with E-state index in [0.29, 0.717) is 17.9 Å². The lowest BCUT2D eigenvalue weighted by molar-refractivity contribution is -0.386. The third-order valence-corrected chi connectivity index (χ3v) is 3.65. The molecule has 0 fully saturated rings. The fraction of sp³-hybridized carbons (Fsp3) is 0.455. The summed E-state index contributed by atoms with van der Waals surface area (Å²) in [7, 11) is 0. The second-order valence-electron chi connectivity index (χ2n) is 4.10. The summed E-state index contributed by atoms with van der Waals surface area (Å²) in [6.45, 7) is 6.69. The van der Waals surface area contributed by atoms with Crippen molar-refractivity contribution in [3.05, 3.63) is 32.6 Å². The first-order valence-electron chi connectivity index (χ1n) is 5.90. The number of nitrogens with one attached hydrogen (secondary N) is 1. The Bertz CT molecular complexity index is 604. The SMILES string of the molecule is CCNc1ncc(Cn2nc(C)c([N+](=O)[O-])c2C)s1. The average Bonchev–Trinajstić information content (AvgIpc) is 2.86. The van der Waals surface area contributed by atoms with Crippen LogP contribution in [0.15, 0.2) is 6.20 Å². The van der Waals surface area contributed by atoms with Gasteiger partial charge in [0.05, 0.1) is 11.5 Å². The molecule has 0 aliphatic carbocycles. The van der Waals surface area contributed by atoms with E-state index in [1.807, 2.05) is 6.92 Å². The largest absolute Gasteiger partial charge is 0.362 e. The summed E-state index contributed by atoms with van der Waals surface area (Å²) >= 11 is 1.53. The molecule has 0 radical (unpaired) electrons. The molecule has 0 saturated carbocycles. The number of aromatic nitrogens is 3. The van der Waals surface area contributed by atoms with Crippen LogP contribution in [-0.4, -0.2) is 26.2 Å². The Kier molecular flexibility index (Phi) is 3.79. The molecule has 0 unspecified atom stereocenters. The van der Waals surface area contributed by atoms with Crippen molar-refractivity contribution in [1.82, 2.24) is 14.8 Å². The molecular weight excluding hydrogens is 266 g/mol. The fourth-order valence-electron chi connectivity index (χ4n) is 1.87. The maximum Gasteiger partial charge on any atom is 0.312 e. The van der Waals surface area contributed by atoms with Crippen LogP contribution in [-0.2, 0) is 6.54 Å². The highest BCUT2D eigenvalue weighted by molar-refractivity contribution is 7.15. The summed E-state index contributed by atoms with van der Waals surface area (Å²) in [6, 6.07) is 0. The van der Waals surface area contributed by atoms with Gasteiger partial charge in [0.2, 0.25) is 0 Å². The van der Waals surface area contributed by atoms with Crippen molar-refractivity contribution in [3.63, 3.8) is 0 Å². The number of aryl methyl sites for hydroxylation is 1. The number of hydrogen-bond acceptors (Lipinski definition) is 6. The van der Waals surface area contributed by atoms with E-state index in [1.54, 1.807) is 24.7 Å². The number of hydrogen-bond donors (Lipinski definition) is 1. The highest BCUT2D eigenvalue weighted by Crippen LogP contribution is 2.24. The van der Waals surface area contributed by atoms with Crippen molar-refractivity contribution in [1.29, 1.82) is 0 Å². The fourth-order valence-corrected chi connectivity index (χ4v) is 2.73. The maximum absolute atomic E-state index is 10.9. The first-order valence-corrected chi connectivity index (χ1v) is 6.71. The molecular formula is C11H15N5O2S. The van der Waals surface area contributed by atoms with Gasteiger partial charge in [-0.25, -0.2) is 4.98 Å². The van der Waals surface area contributed by atoms with Gasteiger partial charge in [-0.2, -0.15) is 5.10 Å². The first-order chi connectivity index (χ1) is 9.02. The molecule has 0 spiro atoms. The van der Waals surface area contributed by atoms with E-state index in [4.69, 9.17) is 0 Å². The summed E-state index contributed by atoms with van der Waals surface area (Å²) in [5.74, 6) is 0. The molecule has 0 aliphatic heterocycles. The van der Waals surface area contributed by atoms with Crippen LogP contribution in [0.3, 0.4) is 0 Å². The Morgan fingerprint density at radius 1 is 1.53 bits per heavy atom. The van der Waals surface area contributed by atoms with Crippen molar-refractivity contribution in [3.8, 4) is 0 Å². The van der Waals surface area contributed by atoms with Crippen LogP contribution in [0.5, 0.6) is 0 Å². The molecule has 2 aromatic heterocycles. The molecule has 0 atom stereocenters. The third-order valence-electron chi connectivity index (χ3n) is 2.71. The zero-order valence-electron chi connectivity index (χ0n) is 11.0. The highest BCUT2D eigenvalue weighted by Gasteiger charge is 2.21. The lowest BCUT2D eigenvalue weighted by atomic mass is 10.3. The minimum absolute atomic E-state index is 0.0939. The van der Waals surface area contributed by atoms with E-state index in [9.17, 15) is 10.1 Å². The topological polar surface area (TPSA) is 85.9 Å². The van der Waals surface area contributed by atoms with E-state index < -0.39 is 0 Å². The Hall–Kier alpha value is -1.96. The van der Waals surface area contributed by atoms with E-state index in [1.165, 1.54) is 11.3 Å². The van der Waals surface area contributed by atoms with Gasteiger partial charge in [-0.3, -0.25) is 14.8 Å². The molecule has 0 saturated heterocycles. The normalized spacial score (nSPS) is 10.7. The van der Waals surface area contributed by atoms with Gasteiger partial charge >= 0.3 is 5.69 Å². The van der Waals surface area contributed by atoms with Gasteiger partial charge in [-0.05, 0) is 20.8 Å². The van der Waals surface area contributed by atoms with Gasteiger partial charge in [0, 0.05) is 17.6 Å². The zero-order valence-corrected chi connectivity index (χ0v) is 11.8. The Balaban J connectivity index is 2.23. The predicted octanol–water partition coefficient (Wildman–Crippen LogP) is 2.34. The molecule has 0 amide bonds. The molecule has 2 rings (SSSR count). The quantitative estimate of drug-likeness (QED) is 0.671. The summed E-state index contributed by atoms with van der Waals surface area (Å²) in [6.07, 6.45) is 1.77. The number of nitrogens with zero attached hydrogens (tertiary/aromatic N) is 4. The van der Waals surface area contributed by atoms with E-state index >= 15 is 0 Å². The van der Waals surface area contributed by atoms with E-state index in [0.717, 1.165) is 16.6 Å². The molecule has 8 heteroatoms. The Morgan fingerprint density at radius 2 is 2.26 bits per heavy atom. The summed E-state index contributed by atoms with van der Waals surface area (Å²) in [5, 5.41) is 19.1. The van der Waals surface area contributed by atoms with Gasteiger partial charge in [0.15, 0.2) is 5.13 Å². The van der Waals surface area contributed by atoms with Crippen molar-refractivity contribution in [2.24, 2.45) is 0 Å². The van der Waals surface area contributed by atoms with Gasteiger partial charge < -0.3 is 5.32 Å². The molecule has 2 aromatic rings. The lowest BCUT2D eigenvalue weighted by Gasteiger charge is -2.00. The zero-order chi connectivity index (χ0) is 14.0. The van der Waals surface area contributed by atoms with Gasteiger partial charge in [-0.15, -0.1) is 11.3 Å². The molecule has 102 valence electrons. The lowest BCUT2D eigenvalue weighted by Crippen LogP contribution is -2.03. The van der Waals surface area contributed by atoms with Crippen LogP contribution >= 0.6 is 11.3 Å². The second kappa shape index (κ2) is 5.35. The van der Waals surface area contributed by atoms with Crippen LogP contribution in [0, 0.1) is 24.0 Å². The van der Waals surface area contributed by atoms with E-state index in [-0.39, 0.29) is 10.6 Å². The van der Waals surface area contributed by atoms with Crippen LogP contribution in [0.4, 0.5) is 10.8 Å². The number of rotatable bonds is 5. The minimum atomic E-state index is -0.384.